The van der Waals surface area contributed by atoms with Gasteiger partial charge in [0.1, 0.15) is 0 Å². The summed E-state index contributed by atoms with van der Waals surface area (Å²) in [5.41, 5.74) is 0.520. The molecule has 0 atom stereocenters. The summed E-state index contributed by atoms with van der Waals surface area (Å²) in [6.07, 6.45) is 1.44. The first-order chi connectivity index (χ1) is 7.76. The van der Waals surface area contributed by atoms with Crippen LogP contribution in [-0.4, -0.2) is 16.9 Å². The fraction of sp³-hybridized carbons (Fsp3) is 0.538. The van der Waals surface area contributed by atoms with Gasteiger partial charge in [0.2, 0.25) is 5.56 Å². The first kappa shape index (κ1) is 11.9. The fourth-order valence-electron chi connectivity index (χ4n) is 2.32. The van der Waals surface area contributed by atoms with Crippen molar-refractivity contribution in [2.75, 3.05) is 0 Å². The van der Waals surface area contributed by atoms with E-state index in [1.54, 1.807) is 0 Å². The number of aromatic amines is 1. The van der Waals surface area contributed by atoms with Crippen LogP contribution in [0, 0.1) is 10.8 Å². The van der Waals surface area contributed by atoms with Gasteiger partial charge in [-0.15, -0.1) is 0 Å². The van der Waals surface area contributed by atoms with Crippen LogP contribution in [0.5, 0.6) is 0 Å². The molecule has 1 aliphatic rings. The molecule has 1 fully saturated rings. The quantitative estimate of drug-likeness (QED) is 0.815. The largest absolute Gasteiger partial charge is 0.348 e. The minimum atomic E-state index is -0.200. The van der Waals surface area contributed by atoms with Crippen molar-refractivity contribution in [3.63, 3.8) is 0 Å². The lowest BCUT2D eigenvalue weighted by Crippen LogP contribution is -2.30. The molecule has 4 heteroatoms. The van der Waals surface area contributed by atoms with E-state index in [2.05, 4.69) is 38.0 Å². The highest BCUT2D eigenvalue weighted by molar-refractivity contribution is 5.94. The van der Waals surface area contributed by atoms with E-state index >= 15 is 0 Å². The molecule has 17 heavy (non-hydrogen) atoms. The molecule has 0 bridgehead atoms. The number of hydrogen-bond donors (Lipinski definition) is 2. The first-order valence-corrected chi connectivity index (χ1v) is 5.76. The van der Waals surface area contributed by atoms with Gasteiger partial charge in [0.25, 0.3) is 5.91 Å². The molecule has 1 amide bonds. The van der Waals surface area contributed by atoms with E-state index < -0.39 is 0 Å². The van der Waals surface area contributed by atoms with Gasteiger partial charge in [0.05, 0.1) is 5.56 Å². The van der Waals surface area contributed by atoms with Crippen molar-refractivity contribution in [3.05, 3.63) is 34.2 Å². The van der Waals surface area contributed by atoms with Gasteiger partial charge in [-0.2, -0.15) is 0 Å². The lowest BCUT2D eigenvalue weighted by atomic mass is 10.0. The Balaban J connectivity index is 2.09. The van der Waals surface area contributed by atoms with Crippen molar-refractivity contribution in [2.24, 2.45) is 10.8 Å². The number of carbonyl (C=O) groups is 1. The Morgan fingerprint density at radius 3 is 2.24 bits per heavy atom. The summed E-state index contributed by atoms with van der Waals surface area (Å²) in [7, 11) is 0. The van der Waals surface area contributed by atoms with Gasteiger partial charge in [0.15, 0.2) is 0 Å². The van der Waals surface area contributed by atoms with E-state index in [0.717, 1.165) is 0 Å². The third-order valence-corrected chi connectivity index (χ3v) is 4.34. The minimum Gasteiger partial charge on any atom is -0.348 e. The molecule has 1 saturated carbocycles. The fourth-order valence-corrected chi connectivity index (χ4v) is 2.32. The zero-order valence-corrected chi connectivity index (χ0v) is 10.6. The highest BCUT2D eigenvalue weighted by Gasteiger charge is 2.65. The van der Waals surface area contributed by atoms with Crippen LogP contribution in [0.1, 0.15) is 38.1 Å². The maximum absolute atomic E-state index is 11.9. The third-order valence-electron chi connectivity index (χ3n) is 4.34. The van der Waals surface area contributed by atoms with Crippen molar-refractivity contribution < 1.29 is 4.79 Å². The van der Waals surface area contributed by atoms with Gasteiger partial charge in [-0.05, 0) is 16.9 Å². The molecule has 0 unspecified atom stereocenters. The lowest BCUT2D eigenvalue weighted by Gasteiger charge is -2.06. The first-order valence-electron chi connectivity index (χ1n) is 5.76. The van der Waals surface area contributed by atoms with E-state index in [-0.39, 0.29) is 28.3 Å². The third kappa shape index (κ3) is 1.77. The molecule has 0 saturated heterocycles. The van der Waals surface area contributed by atoms with E-state index in [0.29, 0.717) is 5.56 Å². The topological polar surface area (TPSA) is 62.0 Å². The molecule has 0 aromatic carbocycles. The van der Waals surface area contributed by atoms with Crippen LogP contribution in [0.4, 0.5) is 0 Å². The predicted octanol–water partition coefficient (Wildman–Crippen LogP) is 1.54. The molecule has 92 valence electrons. The predicted molar refractivity (Wildman–Crippen MR) is 65.9 cm³/mol. The summed E-state index contributed by atoms with van der Waals surface area (Å²) in [5.74, 6) is -0.134. The molecular formula is C13H18N2O2. The van der Waals surface area contributed by atoms with E-state index in [1.807, 2.05) is 0 Å². The number of nitrogens with one attached hydrogen (secondary N) is 2. The van der Waals surface area contributed by atoms with Gasteiger partial charge in [-0.25, -0.2) is 0 Å². The Morgan fingerprint density at radius 1 is 1.24 bits per heavy atom. The lowest BCUT2D eigenvalue weighted by molar-refractivity contribution is 0.0943. The average Bonchev–Trinajstić information content (AvgIpc) is 2.62. The smallest absolute Gasteiger partial charge is 0.253 e. The summed E-state index contributed by atoms with van der Waals surface area (Å²) in [6, 6.07) is 3.07. The second-order valence-corrected chi connectivity index (χ2v) is 5.79. The number of pyridine rings is 1. The zero-order valence-electron chi connectivity index (χ0n) is 10.6. The molecule has 2 rings (SSSR count). The summed E-state index contributed by atoms with van der Waals surface area (Å²) >= 11 is 0. The highest BCUT2D eigenvalue weighted by Crippen LogP contribution is 2.62. The molecule has 1 aromatic heterocycles. The normalized spacial score (nSPS) is 20.9. The number of rotatable bonds is 2. The van der Waals surface area contributed by atoms with Crippen molar-refractivity contribution in [1.82, 2.24) is 10.3 Å². The van der Waals surface area contributed by atoms with Gasteiger partial charge < -0.3 is 10.3 Å². The number of H-pyrrole nitrogens is 1. The standard InChI is InChI=1S/C13H18N2O2/c1-12(2)11(13(12,3)4)15-10(17)8-5-6-9(16)14-7-8/h5-7,11H,1-4H3,(H,14,16)(H,15,17). The average molecular weight is 234 g/mol. The zero-order chi connectivity index (χ0) is 12.8. The van der Waals surface area contributed by atoms with E-state index in [9.17, 15) is 9.59 Å². The number of amides is 1. The van der Waals surface area contributed by atoms with Crippen molar-refractivity contribution >= 4 is 5.91 Å². The number of aromatic nitrogens is 1. The number of hydrogen-bond acceptors (Lipinski definition) is 2. The molecule has 4 nitrogen and oxygen atoms in total. The molecular weight excluding hydrogens is 216 g/mol. The monoisotopic (exact) mass is 234 g/mol. The van der Waals surface area contributed by atoms with Crippen molar-refractivity contribution in [3.8, 4) is 0 Å². The van der Waals surface area contributed by atoms with Crippen LogP contribution in [0.3, 0.4) is 0 Å². The van der Waals surface area contributed by atoms with Crippen LogP contribution in [0.2, 0.25) is 0 Å². The summed E-state index contributed by atoms with van der Waals surface area (Å²) in [5, 5.41) is 3.01. The van der Waals surface area contributed by atoms with Crippen LogP contribution < -0.4 is 10.9 Å². The molecule has 2 N–H and O–H groups in total. The summed E-state index contributed by atoms with van der Waals surface area (Å²) < 4.78 is 0. The number of carbonyl (C=O) groups excluding carboxylic acids is 1. The Morgan fingerprint density at radius 2 is 1.82 bits per heavy atom. The Labute approximate surface area is 100 Å². The maximum atomic E-state index is 11.9. The second-order valence-electron chi connectivity index (χ2n) is 5.79. The van der Waals surface area contributed by atoms with Crippen LogP contribution in [0.25, 0.3) is 0 Å². The molecule has 1 aliphatic carbocycles. The molecule has 0 spiro atoms. The van der Waals surface area contributed by atoms with E-state index in [4.69, 9.17) is 0 Å². The second kappa shape index (κ2) is 3.45. The van der Waals surface area contributed by atoms with Gasteiger partial charge in [-0.3, -0.25) is 9.59 Å². The highest BCUT2D eigenvalue weighted by atomic mass is 16.2. The minimum absolute atomic E-state index is 0.116. The van der Waals surface area contributed by atoms with Gasteiger partial charge in [0, 0.05) is 18.3 Å². The summed E-state index contributed by atoms with van der Waals surface area (Å²) in [6.45, 7) is 8.57. The van der Waals surface area contributed by atoms with Gasteiger partial charge in [-0.1, -0.05) is 27.7 Å². The Kier molecular flexibility index (Phi) is 2.42. The molecule has 1 aromatic rings. The maximum Gasteiger partial charge on any atom is 0.253 e. The van der Waals surface area contributed by atoms with Gasteiger partial charge >= 0.3 is 0 Å². The van der Waals surface area contributed by atoms with E-state index in [1.165, 1.54) is 18.3 Å². The van der Waals surface area contributed by atoms with Crippen molar-refractivity contribution in [2.45, 2.75) is 33.7 Å². The van der Waals surface area contributed by atoms with Crippen LogP contribution in [0.15, 0.2) is 23.1 Å². The molecule has 0 radical (unpaired) electrons. The van der Waals surface area contributed by atoms with Crippen LogP contribution in [-0.2, 0) is 0 Å². The summed E-state index contributed by atoms with van der Waals surface area (Å²) in [4.78, 5) is 25.3. The Bertz CT molecular complexity index is 480. The van der Waals surface area contributed by atoms with Crippen molar-refractivity contribution in [1.29, 1.82) is 0 Å². The van der Waals surface area contributed by atoms with Crippen LogP contribution >= 0.6 is 0 Å². The molecule has 1 heterocycles. The molecule has 0 aliphatic heterocycles. The Hall–Kier alpha value is -1.58. The SMILES string of the molecule is CC1(C)C(NC(=O)c2ccc(=O)[nH]c2)C1(C)C.